The van der Waals surface area contributed by atoms with Gasteiger partial charge in [0.2, 0.25) is 16.9 Å². The molecule has 10 heteroatoms. The number of benzene rings is 2. The molecule has 1 unspecified atom stereocenters. The van der Waals surface area contributed by atoms with E-state index in [0.29, 0.717) is 25.9 Å². The lowest BCUT2D eigenvalue weighted by atomic mass is 10.2. The van der Waals surface area contributed by atoms with Crippen molar-refractivity contribution in [2.75, 3.05) is 16.0 Å². The van der Waals surface area contributed by atoms with E-state index in [4.69, 9.17) is 11.6 Å². The van der Waals surface area contributed by atoms with Gasteiger partial charge in [-0.25, -0.2) is 0 Å². The lowest BCUT2D eigenvalue weighted by Gasteiger charge is -2.11. The molecule has 1 heterocycles. The van der Waals surface area contributed by atoms with Gasteiger partial charge in [-0.1, -0.05) is 40.8 Å². The van der Waals surface area contributed by atoms with E-state index in [1.807, 2.05) is 25.1 Å². The maximum absolute atomic E-state index is 12.5. The van der Waals surface area contributed by atoms with Gasteiger partial charge in [0.25, 0.3) is 0 Å². The zero-order chi connectivity index (χ0) is 21.7. The molecule has 2 aromatic carbocycles. The Morgan fingerprint density at radius 2 is 1.67 bits per heavy atom. The molecule has 3 aromatic rings. The van der Waals surface area contributed by atoms with Crippen molar-refractivity contribution in [1.82, 2.24) is 10.2 Å². The van der Waals surface area contributed by atoms with Crippen LogP contribution < -0.4 is 16.0 Å². The fraction of sp³-hybridized carbons (Fsp3) is 0.200. The molecule has 7 nitrogen and oxygen atoms in total. The predicted octanol–water partition coefficient (Wildman–Crippen LogP) is 5.32. The minimum Gasteiger partial charge on any atom is -0.330 e. The van der Waals surface area contributed by atoms with E-state index >= 15 is 0 Å². The van der Waals surface area contributed by atoms with Crippen LogP contribution in [-0.4, -0.2) is 27.3 Å². The second-order valence-corrected chi connectivity index (χ2v) is 9.44. The normalized spacial score (nSPS) is 11.6. The summed E-state index contributed by atoms with van der Waals surface area (Å²) in [6, 6.07) is 12.6. The van der Waals surface area contributed by atoms with E-state index in [1.54, 1.807) is 31.2 Å². The van der Waals surface area contributed by atoms with Crippen molar-refractivity contribution in [3.05, 3.63) is 53.1 Å². The number of nitrogens with zero attached hydrogens (tertiary/aromatic N) is 2. The number of aromatic nitrogens is 2. The molecule has 0 aliphatic carbocycles. The molecule has 1 atom stereocenters. The minimum absolute atomic E-state index is 0.145. The van der Waals surface area contributed by atoms with Crippen LogP contribution in [0.1, 0.15) is 19.4 Å². The molecule has 0 fully saturated rings. The summed E-state index contributed by atoms with van der Waals surface area (Å²) in [7, 11) is 0. The van der Waals surface area contributed by atoms with Gasteiger partial charge in [-0.3, -0.25) is 9.59 Å². The van der Waals surface area contributed by atoms with Gasteiger partial charge in [-0.05, 0) is 55.8 Å². The van der Waals surface area contributed by atoms with Gasteiger partial charge in [-0.2, -0.15) is 0 Å². The quantitative estimate of drug-likeness (QED) is 0.412. The van der Waals surface area contributed by atoms with E-state index < -0.39 is 0 Å². The monoisotopic (exact) mass is 461 g/mol. The average molecular weight is 462 g/mol. The minimum atomic E-state index is -0.366. The second-order valence-electron chi connectivity index (χ2n) is 6.47. The first-order valence-electron chi connectivity index (χ1n) is 9.02. The molecule has 2 amide bonds. The smallest absolute Gasteiger partial charge is 0.237 e. The standard InChI is InChI=1S/C20H20ClN5O2S2/c1-11-4-5-16(10-17(11)21)24-19-25-26-20(30-19)29-12(2)18(28)23-15-8-6-14(7-9-15)22-13(3)27/h4-10,12H,1-3H3,(H,22,27)(H,23,28)(H,24,25). The van der Waals surface area contributed by atoms with Crippen LogP contribution in [0.2, 0.25) is 5.02 Å². The van der Waals surface area contributed by atoms with Crippen LogP contribution in [0.15, 0.2) is 46.8 Å². The molecule has 0 bridgehead atoms. The SMILES string of the molecule is CC(=O)Nc1ccc(NC(=O)C(C)Sc2nnc(Nc3ccc(C)c(Cl)c3)s2)cc1. The molecule has 0 saturated carbocycles. The number of nitrogens with one attached hydrogen (secondary N) is 3. The van der Waals surface area contributed by atoms with Crippen molar-refractivity contribution in [2.24, 2.45) is 0 Å². The first-order valence-corrected chi connectivity index (χ1v) is 11.1. The molecule has 0 spiro atoms. The van der Waals surface area contributed by atoms with Crippen molar-refractivity contribution in [2.45, 2.75) is 30.4 Å². The third-order valence-corrected chi connectivity index (χ3v) is 6.38. The molecule has 30 heavy (non-hydrogen) atoms. The fourth-order valence-electron chi connectivity index (χ4n) is 2.39. The van der Waals surface area contributed by atoms with E-state index in [9.17, 15) is 9.59 Å². The highest BCUT2D eigenvalue weighted by Gasteiger charge is 2.17. The third-order valence-electron chi connectivity index (χ3n) is 3.95. The van der Waals surface area contributed by atoms with Crippen LogP contribution in [0.4, 0.5) is 22.2 Å². The average Bonchev–Trinajstić information content (AvgIpc) is 3.12. The van der Waals surface area contributed by atoms with Gasteiger partial charge in [0, 0.05) is 29.0 Å². The predicted molar refractivity (Wildman–Crippen MR) is 124 cm³/mol. The van der Waals surface area contributed by atoms with Crippen LogP contribution in [0.25, 0.3) is 0 Å². The van der Waals surface area contributed by atoms with E-state index in [-0.39, 0.29) is 17.1 Å². The fourth-order valence-corrected chi connectivity index (χ4v) is 4.49. The highest BCUT2D eigenvalue weighted by molar-refractivity contribution is 8.02. The van der Waals surface area contributed by atoms with Crippen molar-refractivity contribution in [1.29, 1.82) is 0 Å². The first kappa shape index (κ1) is 22.1. The van der Waals surface area contributed by atoms with E-state index in [2.05, 4.69) is 26.1 Å². The number of anilines is 4. The summed E-state index contributed by atoms with van der Waals surface area (Å²) in [5.41, 5.74) is 3.15. The number of hydrogen-bond donors (Lipinski definition) is 3. The molecule has 3 N–H and O–H groups in total. The highest BCUT2D eigenvalue weighted by atomic mass is 35.5. The number of hydrogen-bond acceptors (Lipinski definition) is 7. The molecule has 0 aliphatic heterocycles. The highest BCUT2D eigenvalue weighted by Crippen LogP contribution is 2.31. The van der Waals surface area contributed by atoms with Crippen LogP contribution in [0.5, 0.6) is 0 Å². The Labute approximate surface area is 187 Å². The summed E-state index contributed by atoms with van der Waals surface area (Å²) in [5.74, 6) is -0.296. The maximum Gasteiger partial charge on any atom is 0.237 e. The number of rotatable bonds is 7. The number of carbonyl (C=O) groups is 2. The van der Waals surface area contributed by atoms with Gasteiger partial charge in [0.05, 0.1) is 5.25 Å². The van der Waals surface area contributed by atoms with E-state index in [1.165, 1.54) is 30.0 Å². The van der Waals surface area contributed by atoms with Gasteiger partial charge in [0.1, 0.15) is 0 Å². The molecule has 156 valence electrons. The topological polar surface area (TPSA) is 96.0 Å². The molecular formula is C20H20ClN5O2S2. The van der Waals surface area contributed by atoms with Gasteiger partial charge < -0.3 is 16.0 Å². The maximum atomic E-state index is 12.5. The zero-order valence-electron chi connectivity index (χ0n) is 16.5. The molecule has 3 rings (SSSR count). The van der Waals surface area contributed by atoms with Crippen molar-refractivity contribution in [3.8, 4) is 0 Å². The van der Waals surface area contributed by atoms with E-state index in [0.717, 1.165) is 11.3 Å². The summed E-state index contributed by atoms with van der Waals surface area (Å²) in [4.78, 5) is 23.5. The van der Waals surface area contributed by atoms with Crippen molar-refractivity contribution >= 4 is 68.7 Å². The Balaban J connectivity index is 1.55. The first-order chi connectivity index (χ1) is 14.3. The largest absolute Gasteiger partial charge is 0.330 e. The van der Waals surface area contributed by atoms with Crippen LogP contribution in [-0.2, 0) is 9.59 Å². The van der Waals surface area contributed by atoms with Gasteiger partial charge in [-0.15, -0.1) is 10.2 Å². The van der Waals surface area contributed by atoms with Crippen molar-refractivity contribution < 1.29 is 9.59 Å². The Hall–Kier alpha value is -2.62. The van der Waals surface area contributed by atoms with Crippen LogP contribution in [0.3, 0.4) is 0 Å². The van der Waals surface area contributed by atoms with Gasteiger partial charge >= 0.3 is 0 Å². The number of aryl methyl sites for hydroxylation is 1. The summed E-state index contributed by atoms with van der Waals surface area (Å²) in [5, 5.41) is 17.9. The second kappa shape index (κ2) is 9.92. The zero-order valence-corrected chi connectivity index (χ0v) is 18.9. The summed E-state index contributed by atoms with van der Waals surface area (Å²) >= 11 is 8.84. The van der Waals surface area contributed by atoms with Gasteiger partial charge in [0.15, 0.2) is 4.34 Å². The summed E-state index contributed by atoms with van der Waals surface area (Å²) in [6.45, 7) is 5.19. The van der Waals surface area contributed by atoms with Crippen molar-refractivity contribution in [3.63, 3.8) is 0 Å². The van der Waals surface area contributed by atoms with Crippen LogP contribution in [0, 0.1) is 6.92 Å². The molecule has 0 aliphatic rings. The Bertz CT molecular complexity index is 1060. The summed E-state index contributed by atoms with van der Waals surface area (Å²) < 4.78 is 0.680. The van der Waals surface area contributed by atoms with Crippen LogP contribution >= 0.6 is 34.7 Å². The Morgan fingerprint density at radius 1 is 1.03 bits per heavy atom. The molecular weight excluding hydrogens is 442 g/mol. The lowest BCUT2D eigenvalue weighted by molar-refractivity contribution is -0.115. The Morgan fingerprint density at radius 3 is 2.30 bits per heavy atom. The number of halogens is 1. The number of carbonyl (C=O) groups excluding carboxylic acids is 2. The lowest BCUT2D eigenvalue weighted by Crippen LogP contribution is -2.22. The number of amides is 2. The molecule has 0 saturated heterocycles. The Kier molecular flexibility index (Phi) is 7.30. The third kappa shape index (κ3) is 6.19. The molecule has 1 aromatic heterocycles. The number of thioether (sulfide) groups is 1. The molecule has 0 radical (unpaired) electrons. The summed E-state index contributed by atoms with van der Waals surface area (Å²) in [6.07, 6.45) is 0.